The third-order valence-corrected chi connectivity index (χ3v) is 2.56. The van der Waals surface area contributed by atoms with Crippen LogP contribution in [0.5, 0.6) is 0 Å². The largest absolute Gasteiger partial charge is 0.416 e. The first-order valence-corrected chi connectivity index (χ1v) is 5.53. The first-order valence-electron chi connectivity index (χ1n) is 5.53. The van der Waals surface area contributed by atoms with E-state index in [1.807, 2.05) is 0 Å². The average molecular weight is 285 g/mol. The Morgan fingerprint density at radius 1 is 1.05 bits per heavy atom. The summed E-state index contributed by atoms with van der Waals surface area (Å²) < 4.78 is 64.1. The van der Waals surface area contributed by atoms with Crippen molar-refractivity contribution in [3.8, 4) is 0 Å². The topological polar surface area (TPSA) is 12.9 Å². The third kappa shape index (κ3) is 3.20. The van der Waals surface area contributed by atoms with Gasteiger partial charge in [-0.25, -0.2) is 9.37 Å². The summed E-state index contributed by atoms with van der Waals surface area (Å²) in [7, 11) is 0. The fraction of sp³-hybridized carbons (Fsp3) is 0.0714. The van der Waals surface area contributed by atoms with Gasteiger partial charge in [0.05, 0.1) is 5.56 Å². The third-order valence-electron chi connectivity index (χ3n) is 2.56. The minimum absolute atomic E-state index is 0.0683. The van der Waals surface area contributed by atoms with Crippen molar-refractivity contribution < 1.29 is 22.0 Å². The summed E-state index contributed by atoms with van der Waals surface area (Å²) >= 11 is 0. The highest BCUT2D eigenvalue weighted by Gasteiger charge is 2.30. The first-order chi connectivity index (χ1) is 9.38. The van der Waals surface area contributed by atoms with E-state index in [0.717, 1.165) is 30.3 Å². The van der Waals surface area contributed by atoms with E-state index in [4.69, 9.17) is 0 Å². The minimum atomic E-state index is -4.48. The molecule has 104 valence electrons. The highest BCUT2D eigenvalue weighted by molar-refractivity contribution is 5.76. The number of nitrogens with zero attached hydrogens (tertiary/aromatic N) is 1. The van der Waals surface area contributed by atoms with Crippen LogP contribution in [0.25, 0.3) is 11.9 Å². The van der Waals surface area contributed by atoms with Crippen LogP contribution in [0.15, 0.2) is 42.6 Å². The fourth-order valence-electron chi connectivity index (χ4n) is 1.54. The monoisotopic (exact) mass is 285 g/mol. The maximum absolute atomic E-state index is 13.8. The molecule has 0 spiro atoms. The smallest absolute Gasteiger partial charge is 0.228 e. The molecular weight excluding hydrogens is 277 g/mol. The molecule has 1 aromatic carbocycles. The van der Waals surface area contributed by atoms with Crippen molar-refractivity contribution in [3.63, 3.8) is 0 Å². The van der Waals surface area contributed by atoms with Crippen LogP contribution in [0.3, 0.4) is 0 Å². The zero-order valence-electron chi connectivity index (χ0n) is 9.96. The molecule has 0 aliphatic heterocycles. The number of aromatic nitrogens is 1. The standard InChI is InChI=1S/C14H8F5N/c15-12(8-10-2-1-7-20-13(10)16)9-3-5-11(6-4-9)14(17,18)19/h1-8H/b12-8+. The number of halogens is 5. The predicted octanol–water partition coefficient (Wildman–Crippen LogP) is 4.71. The van der Waals surface area contributed by atoms with E-state index >= 15 is 0 Å². The molecular formula is C14H8F5N. The van der Waals surface area contributed by atoms with Crippen LogP contribution in [0.4, 0.5) is 22.0 Å². The number of rotatable bonds is 2. The highest BCUT2D eigenvalue weighted by Crippen LogP contribution is 2.30. The van der Waals surface area contributed by atoms with E-state index in [1.54, 1.807) is 0 Å². The molecule has 1 aromatic heterocycles. The van der Waals surface area contributed by atoms with Crippen molar-refractivity contribution in [1.82, 2.24) is 4.98 Å². The lowest BCUT2D eigenvalue weighted by Crippen LogP contribution is -2.04. The van der Waals surface area contributed by atoms with Crippen LogP contribution >= 0.6 is 0 Å². The van der Waals surface area contributed by atoms with Crippen LogP contribution in [-0.2, 0) is 6.18 Å². The SMILES string of the molecule is F/C(=C/c1cccnc1F)c1ccc(C(F)(F)F)cc1. The maximum atomic E-state index is 13.8. The lowest BCUT2D eigenvalue weighted by Gasteiger charge is -2.06. The molecule has 0 N–H and O–H groups in total. The van der Waals surface area contributed by atoms with Gasteiger partial charge in [0.1, 0.15) is 5.83 Å². The molecule has 2 aromatic rings. The van der Waals surface area contributed by atoms with Crippen molar-refractivity contribution in [3.05, 3.63) is 65.2 Å². The minimum Gasteiger partial charge on any atom is -0.228 e. The van der Waals surface area contributed by atoms with Gasteiger partial charge in [-0.05, 0) is 30.3 Å². The summed E-state index contributed by atoms with van der Waals surface area (Å²) in [6, 6.07) is 6.25. The molecule has 0 bridgehead atoms. The lowest BCUT2D eigenvalue weighted by atomic mass is 10.1. The van der Waals surface area contributed by atoms with Gasteiger partial charge in [-0.3, -0.25) is 0 Å². The van der Waals surface area contributed by atoms with Crippen molar-refractivity contribution in [2.45, 2.75) is 6.18 Å². The molecule has 0 saturated carbocycles. The Balaban J connectivity index is 2.30. The van der Waals surface area contributed by atoms with E-state index < -0.39 is 23.5 Å². The number of benzene rings is 1. The second-order valence-electron chi connectivity index (χ2n) is 3.95. The lowest BCUT2D eigenvalue weighted by molar-refractivity contribution is -0.137. The van der Waals surface area contributed by atoms with E-state index in [9.17, 15) is 22.0 Å². The molecule has 0 aliphatic rings. The Morgan fingerprint density at radius 3 is 2.25 bits per heavy atom. The molecule has 2 rings (SSSR count). The number of hydrogen-bond acceptors (Lipinski definition) is 1. The van der Waals surface area contributed by atoms with Crippen molar-refractivity contribution in [1.29, 1.82) is 0 Å². The second-order valence-corrected chi connectivity index (χ2v) is 3.95. The van der Waals surface area contributed by atoms with E-state index in [0.29, 0.717) is 0 Å². The highest BCUT2D eigenvalue weighted by atomic mass is 19.4. The molecule has 20 heavy (non-hydrogen) atoms. The molecule has 6 heteroatoms. The van der Waals surface area contributed by atoms with Crippen LogP contribution in [0, 0.1) is 5.95 Å². The first kappa shape index (κ1) is 14.2. The van der Waals surface area contributed by atoms with Gasteiger partial charge in [0.25, 0.3) is 0 Å². The molecule has 0 unspecified atom stereocenters. The summed E-state index contributed by atoms with van der Waals surface area (Å²) in [5, 5.41) is 0. The van der Waals surface area contributed by atoms with Crippen molar-refractivity contribution in [2.75, 3.05) is 0 Å². The van der Waals surface area contributed by atoms with Gasteiger partial charge < -0.3 is 0 Å². The molecule has 1 nitrogen and oxygen atoms in total. The summed E-state index contributed by atoms with van der Waals surface area (Å²) in [5.41, 5.74) is -1.02. The van der Waals surface area contributed by atoms with Crippen LogP contribution in [0.2, 0.25) is 0 Å². The van der Waals surface area contributed by atoms with Gasteiger partial charge in [0.15, 0.2) is 0 Å². The molecule has 0 amide bonds. The van der Waals surface area contributed by atoms with Crippen LogP contribution in [-0.4, -0.2) is 4.98 Å². The molecule has 0 saturated heterocycles. The van der Waals surface area contributed by atoms with E-state index in [-0.39, 0.29) is 11.1 Å². The summed E-state index contributed by atoms with van der Waals surface area (Å²) in [5.74, 6) is -1.69. The fourth-order valence-corrected chi connectivity index (χ4v) is 1.54. The van der Waals surface area contributed by atoms with Gasteiger partial charge in [0.2, 0.25) is 5.95 Å². The van der Waals surface area contributed by atoms with E-state index in [1.165, 1.54) is 18.3 Å². The zero-order valence-corrected chi connectivity index (χ0v) is 9.96. The Labute approximate surface area is 111 Å². The average Bonchev–Trinajstić information content (AvgIpc) is 2.40. The van der Waals surface area contributed by atoms with Crippen LogP contribution < -0.4 is 0 Å². The number of pyridine rings is 1. The normalized spacial score (nSPS) is 12.6. The van der Waals surface area contributed by atoms with Gasteiger partial charge in [-0.2, -0.15) is 17.6 Å². The van der Waals surface area contributed by atoms with Crippen molar-refractivity contribution in [2.24, 2.45) is 0 Å². The van der Waals surface area contributed by atoms with Crippen LogP contribution in [0.1, 0.15) is 16.7 Å². The Bertz CT molecular complexity index is 629. The maximum Gasteiger partial charge on any atom is 0.416 e. The van der Waals surface area contributed by atoms with Gasteiger partial charge in [-0.1, -0.05) is 12.1 Å². The Morgan fingerprint density at radius 2 is 1.70 bits per heavy atom. The quantitative estimate of drug-likeness (QED) is 0.575. The number of hydrogen-bond donors (Lipinski definition) is 0. The Kier molecular flexibility index (Phi) is 3.83. The molecule has 0 radical (unpaired) electrons. The number of alkyl halides is 3. The van der Waals surface area contributed by atoms with Crippen molar-refractivity contribution >= 4 is 11.9 Å². The summed E-state index contributed by atoms with van der Waals surface area (Å²) in [4.78, 5) is 3.35. The molecule has 0 atom stereocenters. The Hall–Kier alpha value is -2.24. The van der Waals surface area contributed by atoms with E-state index in [2.05, 4.69) is 4.98 Å². The predicted molar refractivity (Wildman–Crippen MR) is 64.6 cm³/mol. The summed E-state index contributed by atoms with van der Waals surface area (Å²) in [6.07, 6.45) is -2.39. The van der Waals surface area contributed by atoms with Gasteiger partial charge in [0, 0.05) is 17.3 Å². The zero-order chi connectivity index (χ0) is 14.8. The summed E-state index contributed by atoms with van der Waals surface area (Å²) in [6.45, 7) is 0. The molecule has 0 aliphatic carbocycles. The molecule has 1 heterocycles. The molecule has 0 fully saturated rings. The second kappa shape index (κ2) is 5.40. The van der Waals surface area contributed by atoms with Gasteiger partial charge in [-0.15, -0.1) is 0 Å². The van der Waals surface area contributed by atoms with Gasteiger partial charge >= 0.3 is 6.18 Å².